The molecule has 0 amide bonds. The number of likely N-dealkylation sites (tertiary alicyclic amines) is 1. The maximum absolute atomic E-state index is 9.99. The monoisotopic (exact) mass is 651 g/mol. The first kappa shape index (κ1) is 38.0. The van der Waals surface area contributed by atoms with Crippen LogP contribution in [0.2, 0.25) is 0 Å². The number of ether oxygens (including phenoxy) is 4. The standard InChI is InChI=1S/C41H65NO5/c1-2-3-4-5-6-7-8-9-10-11-12-13-14-21-29-44-34-39-41(46-33-36-25-19-16-20-26-36)40(45-32-35-23-17-15-18-24-35)38(47-39)30-42-28-22-27-37(42)31-43/h15-20,23-26,37-41,43H,2-14,21-22,27-34H2,1H3/t37-,38+,39+,40+,41+/m0/s1. The number of aliphatic hydroxyl groups excluding tert-OH is 1. The van der Waals surface area contributed by atoms with Gasteiger partial charge in [-0.05, 0) is 36.9 Å². The van der Waals surface area contributed by atoms with Crippen LogP contribution >= 0.6 is 0 Å². The molecule has 0 saturated carbocycles. The summed E-state index contributed by atoms with van der Waals surface area (Å²) in [5.41, 5.74) is 2.28. The maximum atomic E-state index is 9.99. The van der Waals surface area contributed by atoms with Crippen molar-refractivity contribution in [2.24, 2.45) is 0 Å². The molecule has 2 aromatic carbocycles. The van der Waals surface area contributed by atoms with E-state index in [0.29, 0.717) is 19.8 Å². The van der Waals surface area contributed by atoms with Crippen LogP contribution in [-0.4, -0.2) is 73.4 Å². The van der Waals surface area contributed by atoms with Crippen molar-refractivity contribution < 1.29 is 24.1 Å². The van der Waals surface area contributed by atoms with Gasteiger partial charge in [0, 0.05) is 19.2 Å². The number of nitrogens with zero attached hydrogens (tertiary/aromatic N) is 1. The Labute approximate surface area is 286 Å². The molecule has 0 unspecified atom stereocenters. The first-order valence-electron chi connectivity index (χ1n) is 19.2. The number of hydrogen-bond acceptors (Lipinski definition) is 6. The zero-order valence-corrected chi connectivity index (χ0v) is 29.5. The first-order chi connectivity index (χ1) is 23.3. The molecule has 2 heterocycles. The fourth-order valence-corrected chi connectivity index (χ4v) is 7.19. The molecule has 0 radical (unpaired) electrons. The molecular weight excluding hydrogens is 586 g/mol. The van der Waals surface area contributed by atoms with Gasteiger partial charge in [-0.1, -0.05) is 151 Å². The molecule has 1 N–H and O–H groups in total. The highest BCUT2D eigenvalue weighted by atomic mass is 16.6. The molecule has 264 valence electrons. The van der Waals surface area contributed by atoms with E-state index in [4.69, 9.17) is 18.9 Å². The Morgan fingerprint density at radius 2 is 1.19 bits per heavy atom. The van der Waals surface area contributed by atoms with Gasteiger partial charge in [0.25, 0.3) is 0 Å². The summed E-state index contributed by atoms with van der Waals surface area (Å²) in [6.45, 7) is 6.44. The fourth-order valence-electron chi connectivity index (χ4n) is 7.19. The third-order valence-electron chi connectivity index (χ3n) is 10.0. The molecule has 0 bridgehead atoms. The SMILES string of the molecule is CCCCCCCCCCCCCCCCOC[C@H]1O[C@H](CN2CCC[C@H]2CO)[C@@H](OCc2ccccc2)[C@@H]1OCc1ccccc1. The van der Waals surface area contributed by atoms with Crippen LogP contribution in [0.4, 0.5) is 0 Å². The van der Waals surface area contributed by atoms with E-state index in [1.165, 1.54) is 83.5 Å². The molecule has 4 rings (SSSR count). The van der Waals surface area contributed by atoms with E-state index < -0.39 is 0 Å². The molecule has 0 spiro atoms. The summed E-state index contributed by atoms with van der Waals surface area (Å²) in [4.78, 5) is 2.37. The van der Waals surface area contributed by atoms with Crippen LogP contribution in [0.15, 0.2) is 60.7 Å². The number of unbranched alkanes of at least 4 members (excludes halogenated alkanes) is 13. The van der Waals surface area contributed by atoms with Crippen LogP contribution in [-0.2, 0) is 32.2 Å². The highest BCUT2D eigenvalue weighted by molar-refractivity contribution is 5.15. The first-order valence-corrected chi connectivity index (χ1v) is 19.2. The number of rotatable bonds is 26. The Kier molecular flexibility index (Phi) is 19.0. The average molecular weight is 652 g/mol. The quantitative estimate of drug-likeness (QED) is 0.103. The van der Waals surface area contributed by atoms with Crippen molar-refractivity contribution in [3.05, 3.63) is 71.8 Å². The van der Waals surface area contributed by atoms with Crippen LogP contribution in [0.25, 0.3) is 0 Å². The summed E-state index contributed by atoms with van der Waals surface area (Å²) in [6, 6.07) is 20.9. The molecule has 0 aliphatic carbocycles. The Balaban J connectivity index is 1.22. The third kappa shape index (κ3) is 14.3. The van der Waals surface area contributed by atoms with Gasteiger partial charge in [-0.25, -0.2) is 0 Å². The van der Waals surface area contributed by atoms with Crippen LogP contribution in [0.1, 0.15) is 121 Å². The molecule has 47 heavy (non-hydrogen) atoms. The molecule has 2 saturated heterocycles. The summed E-state index contributed by atoms with van der Waals surface area (Å²) < 4.78 is 26.3. The van der Waals surface area contributed by atoms with Crippen molar-refractivity contribution in [3.8, 4) is 0 Å². The molecule has 6 heteroatoms. The van der Waals surface area contributed by atoms with Crippen molar-refractivity contribution in [1.29, 1.82) is 0 Å². The molecule has 2 aromatic rings. The number of hydrogen-bond donors (Lipinski definition) is 1. The smallest absolute Gasteiger partial charge is 0.115 e. The Hall–Kier alpha value is -1.80. The summed E-state index contributed by atoms with van der Waals surface area (Å²) in [6.07, 6.45) is 20.3. The lowest BCUT2D eigenvalue weighted by Gasteiger charge is -2.29. The highest BCUT2D eigenvalue weighted by Gasteiger charge is 2.47. The van der Waals surface area contributed by atoms with Crippen molar-refractivity contribution in [2.75, 3.05) is 32.9 Å². The highest BCUT2D eigenvalue weighted by Crippen LogP contribution is 2.31. The molecule has 2 aliphatic heterocycles. The van der Waals surface area contributed by atoms with Crippen LogP contribution in [0.5, 0.6) is 0 Å². The van der Waals surface area contributed by atoms with E-state index >= 15 is 0 Å². The van der Waals surface area contributed by atoms with E-state index in [0.717, 1.165) is 50.1 Å². The Bertz CT molecular complexity index is 1020. The number of benzene rings is 2. The largest absolute Gasteiger partial charge is 0.395 e. The zero-order valence-electron chi connectivity index (χ0n) is 29.5. The fraction of sp³-hybridized carbons (Fsp3) is 0.707. The minimum absolute atomic E-state index is 0.152. The van der Waals surface area contributed by atoms with Crippen molar-refractivity contribution in [2.45, 2.75) is 153 Å². The van der Waals surface area contributed by atoms with Crippen LogP contribution in [0.3, 0.4) is 0 Å². The second-order valence-electron chi connectivity index (χ2n) is 13.9. The van der Waals surface area contributed by atoms with Gasteiger partial charge in [0.1, 0.15) is 18.3 Å². The summed E-state index contributed by atoms with van der Waals surface area (Å²) in [5.74, 6) is 0. The van der Waals surface area contributed by atoms with Gasteiger partial charge in [-0.2, -0.15) is 0 Å². The molecule has 2 aliphatic rings. The second kappa shape index (κ2) is 23.5. The maximum Gasteiger partial charge on any atom is 0.115 e. The van der Waals surface area contributed by atoms with Gasteiger partial charge in [0.05, 0.1) is 32.5 Å². The van der Waals surface area contributed by atoms with E-state index in [9.17, 15) is 5.11 Å². The predicted octanol–water partition coefficient (Wildman–Crippen LogP) is 8.88. The number of aliphatic hydroxyl groups is 1. The van der Waals surface area contributed by atoms with Crippen molar-refractivity contribution in [3.63, 3.8) is 0 Å². The van der Waals surface area contributed by atoms with E-state index in [1.54, 1.807) is 0 Å². The van der Waals surface area contributed by atoms with Crippen molar-refractivity contribution in [1.82, 2.24) is 4.90 Å². The van der Waals surface area contributed by atoms with Gasteiger partial charge in [-0.3, -0.25) is 4.90 Å². The van der Waals surface area contributed by atoms with E-state index in [-0.39, 0.29) is 37.1 Å². The lowest BCUT2D eigenvalue weighted by molar-refractivity contribution is -0.0889. The lowest BCUT2D eigenvalue weighted by atomic mass is 10.0. The van der Waals surface area contributed by atoms with Gasteiger partial charge in [0.15, 0.2) is 0 Å². The normalized spacial score (nSPS) is 23.1. The van der Waals surface area contributed by atoms with Crippen LogP contribution in [0, 0.1) is 0 Å². The van der Waals surface area contributed by atoms with Gasteiger partial charge >= 0.3 is 0 Å². The van der Waals surface area contributed by atoms with Crippen molar-refractivity contribution >= 4 is 0 Å². The topological polar surface area (TPSA) is 60.4 Å². The minimum atomic E-state index is -0.240. The minimum Gasteiger partial charge on any atom is -0.395 e. The van der Waals surface area contributed by atoms with Crippen LogP contribution < -0.4 is 0 Å². The molecular formula is C41H65NO5. The summed E-state index contributed by atoms with van der Waals surface area (Å²) >= 11 is 0. The summed E-state index contributed by atoms with van der Waals surface area (Å²) in [5, 5.41) is 9.99. The Morgan fingerprint density at radius 1 is 0.681 bits per heavy atom. The summed E-state index contributed by atoms with van der Waals surface area (Å²) in [7, 11) is 0. The average Bonchev–Trinajstić information content (AvgIpc) is 3.70. The molecule has 5 atom stereocenters. The van der Waals surface area contributed by atoms with Gasteiger partial charge in [0.2, 0.25) is 0 Å². The zero-order chi connectivity index (χ0) is 32.8. The van der Waals surface area contributed by atoms with E-state index in [2.05, 4.69) is 60.4 Å². The van der Waals surface area contributed by atoms with Gasteiger partial charge < -0.3 is 24.1 Å². The molecule has 2 fully saturated rings. The van der Waals surface area contributed by atoms with Gasteiger partial charge in [-0.15, -0.1) is 0 Å². The Morgan fingerprint density at radius 3 is 1.72 bits per heavy atom. The predicted molar refractivity (Wildman–Crippen MR) is 192 cm³/mol. The lowest BCUT2D eigenvalue weighted by Crippen LogP contribution is -2.45. The second-order valence-corrected chi connectivity index (χ2v) is 13.9. The van der Waals surface area contributed by atoms with E-state index in [1.807, 2.05) is 12.1 Å². The molecule has 0 aromatic heterocycles. The molecule has 6 nitrogen and oxygen atoms in total. The third-order valence-corrected chi connectivity index (χ3v) is 10.0.